The number of hydrogen-bond acceptors (Lipinski definition) is 4. The average molecular weight is 612 g/mol. The molecular formula is C35H32BrFN2O2. The van der Waals surface area contributed by atoms with Gasteiger partial charge in [0.1, 0.15) is 12.4 Å². The first-order valence-electron chi connectivity index (χ1n) is 14.0. The third kappa shape index (κ3) is 5.94. The highest BCUT2D eigenvalue weighted by Gasteiger charge is 2.37. The van der Waals surface area contributed by atoms with Crippen LogP contribution < -0.4 is 14.8 Å². The van der Waals surface area contributed by atoms with Crippen LogP contribution in [0.15, 0.2) is 100 Å². The molecule has 1 aliphatic heterocycles. The minimum Gasteiger partial charge on any atom is -0.490 e. The number of fused-ring (bicyclic) bond motifs is 3. The van der Waals surface area contributed by atoms with Crippen LogP contribution in [0.5, 0.6) is 11.5 Å². The summed E-state index contributed by atoms with van der Waals surface area (Å²) in [5.41, 5.74) is 7.71. The minimum absolute atomic E-state index is 0.231. The van der Waals surface area contributed by atoms with Crippen LogP contribution >= 0.6 is 15.9 Å². The van der Waals surface area contributed by atoms with E-state index in [1.165, 1.54) is 34.5 Å². The molecule has 3 atom stereocenters. The lowest BCUT2D eigenvalue weighted by atomic mass is 9.76. The van der Waals surface area contributed by atoms with Crippen LogP contribution in [0.2, 0.25) is 0 Å². The van der Waals surface area contributed by atoms with E-state index >= 15 is 0 Å². The molecule has 4 aromatic carbocycles. The van der Waals surface area contributed by atoms with Crippen molar-refractivity contribution < 1.29 is 13.9 Å². The molecule has 0 unspecified atom stereocenters. The molecule has 0 saturated carbocycles. The third-order valence-electron chi connectivity index (χ3n) is 7.74. The zero-order chi connectivity index (χ0) is 28.3. The number of halogens is 2. The Kier molecular flexibility index (Phi) is 7.93. The first kappa shape index (κ1) is 27.3. The first-order valence-corrected chi connectivity index (χ1v) is 14.8. The standard InChI is InChI=1S/C35H32BrFN2O2/c1-3-40-33-19-24(18-31(36)35(33)41-21-23-6-4-7-26(37)17-23)20-38-27-13-11-25(12-14-27)34-29-9-5-8-28(29)30-16-22(2)10-15-32(30)39-34/h4-8,10-20,28-29,34,39H,3,9,21H2,1-2H3/t28-,29-,34-/m0/s1. The van der Waals surface area contributed by atoms with Gasteiger partial charge in [-0.1, -0.05) is 54.1 Å². The van der Waals surface area contributed by atoms with Gasteiger partial charge in [0.25, 0.3) is 0 Å². The van der Waals surface area contributed by atoms with Crippen molar-refractivity contribution in [3.05, 3.63) is 129 Å². The Morgan fingerprint density at radius 2 is 1.88 bits per heavy atom. The molecule has 0 amide bonds. The van der Waals surface area contributed by atoms with Crippen molar-refractivity contribution in [3.8, 4) is 11.5 Å². The Labute approximate surface area is 249 Å². The number of nitrogens with one attached hydrogen (secondary N) is 1. The smallest absolute Gasteiger partial charge is 0.175 e. The molecule has 2 aliphatic rings. The Morgan fingerprint density at radius 3 is 2.68 bits per heavy atom. The summed E-state index contributed by atoms with van der Waals surface area (Å²) < 4.78 is 26.2. The SMILES string of the molecule is CCOc1cc(C=Nc2ccc([C@@H]3Nc4ccc(C)cc4[C@H]4C=CC[C@@H]43)cc2)cc(Br)c1OCc1cccc(F)c1. The lowest BCUT2D eigenvalue weighted by Gasteiger charge is -2.37. The fraction of sp³-hybridized carbons (Fsp3) is 0.229. The molecule has 41 heavy (non-hydrogen) atoms. The zero-order valence-electron chi connectivity index (χ0n) is 23.1. The van der Waals surface area contributed by atoms with Gasteiger partial charge >= 0.3 is 0 Å². The van der Waals surface area contributed by atoms with E-state index in [9.17, 15) is 4.39 Å². The normalized spacial score (nSPS) is 19.1. The van der Waals surface area contributed by atoms with Gasteiger partial charge in [0.15, 0.2) is 11.5 Å². The van der Waals surface area contributed by atoms with Gasteiger partial charge in [0.05, 0.1) is 22.8 Å². The van der Waals surface area contributed by atoms with Crippen molar-refractivity contribution in [1.82, 2.24) is 0 Å². The number of ether oxygens (including phenoxy) is 2. The molecule has 0 aromatic heterocycles. The van der Waals surface area contributed by atoms with Crippen molar-refractivity contribution in [3.63, 3.8) is 0 Å². The summed E-state index contributed by atoms with van der Waals surface area (Å²) in [6.07, 6.45) is 7.61. The van der Waals surface area contributed by atoms with E-state index in [1.807, 2.05) is 31.3 Å². The maximum absolute atomic E-state index is 13.6. The number of nitrogens with zero attached hydrogens (tertiary/aromatic N) is 1. The molecule has 4 nitrogen and oxygen atoms in total. The topological polar surface area (TPSA) is 42.8 Å². The molecule has 1 aliphatic carbocycles. The Bertz CT molecular complexity index is 1620. The molecule has 208 valence electrons. The Hall–Kier alpha value is -3.90. The van der Waals surface area contributed by atoms with Crippen molar-refractivity contribution in [2.45, 2.75) is 38.8 Å². The predicted molar refractivity (Wildman–Crippen MR) is 167 cm³/mol. The molecule has 6 rings (SSSR count). The van der Waals surface area contributed by atoms with Gasteiger partial charge in [-0.25, -0.2) is 4.39 Å². The largest absolute Gasteiger partial charge is 0.490 e. The summed E-state index contributed by atoms with van der Waals surface area (Å²) in [6, 6.07) is 25.7. The molecule has 0 spiro atoms. The van der Waals surface area contributed by atoms with E-state index < -0.39 is 0 Å². The second-order valence-corrected chi connectivity index (χ2v) is 11.5. The van der Waals surface area contributed by atoms with E-state index in [0.717, 1.165) is 27.7 Å². The Morgan fingerprint density at radius 1 is 1.02 bits per heavy atom. The number of hydrogen-bond donors (Lipinski definition) is 1. The van der Waals surface area contributed by atoms with E-state index in [2.05, 4.69) is 82.8 Å². The van der Waals surface area contributed by atoms with Gasteiger partial charge in [-0.2, -0.15) is 0 Å². The number of allylic oxidation sites excluding steroid dienone is 2. The fourth-order valence-corrected chi connectivity index (χ4v) is 6.38. The van der Waals surface area contributed by atoms with Gasteiger partial charge in [-0.05, 0) is 107 Å². The van der Waals surface area contributed by atoms with Crippen molar-refractivity contribution in [1.29, 1.82) is 0 Å². The number of anilines is 1. The number of aliphatic imine (C=N–C) groups is 1. The quantitative estimate of drug-likeness (QED) is 0.159. The van der Waals surface area contributed by atoms with Crippen molar-refractivity contribution >= 4 is 33.5 Å². The van der Waals surface area contributed by atoms with E-state index in [-0.39, 0.29) is 18.5 Å². The van der Waals surface area contributed by atoms with Crippen molar-refractivity contribution in [2.24, 2.45) is 10.9 Å². The van der Waals surface area contributed by atoms with E-state index in [0.29, 0.717) is 29.9 Å². The molecule has 0 fully saturated rings. The van der Waals surface area contributed by atoms with Gasteiger partial charge in [-0.3, -0.25) is 4.99 Å². The average Bonchev–Trinajstić information content (AvgIpc) is 3.46. The predicted octanol–water partition coefficient (Wildman–Crippen LogP) is 9.45. The Balaban J connectivity index is 1.18. The van der Waals surface area contributed by atoms with Gasteiger partial charge in [-0.15, -0.1) is 0 Å². The summed E-state index contributed by atoms with van der Waals surface area (Å²) >= 11 is 3.62. The second-order valence-electron chi connectivity index (χ2n) is 10.6. The summed E-state index contributed by atoms with van der Waals surface area (Å²) in [5.74, 6) is 1.86. The van der Waals surface area contributed by atoms with E-state index in [1.54, 1.807) is 6.07 Å². The van der Waals surface area contributed by atoms with Crippen LogP contribution in [-0.2, 0) is 6.61 Å². The van der Waals surface area contributed by atoms with Crippen LogP contribution in [0.25, 0.3) is 0 Å². The molecule has 1 N–H and O–H groups in total. The van der Waals surface area contributed by atoms with Crippen LogP contribution in [0, 0.1) is 18.7 Å². The highest BCUT2D eigenvalue weighted by Crippen LogP contribution is 2.50. The van der Waals surface area contributed by atoms with Crippen molar-refractivity contribution in [2.75, 3.05) is 11.9 Å². The lowest BCUT2D eigenvalue weighted by molar-refractivity contribution is 0.267. The van der Waals surface area contributed by atoms with E-state index in [4.69, 9.17) is 14.5 Å². The molecule has 0 radical (unpaired) electrons. The van der Waals surface area contributed by atoms with Crippen LogP contribution in [0.1, 0.15) is 53.1 Å². The molecule has 0 saturated heterocycles. The number of rotatable bonds is 8. The summed E-state index contributed by atoms with van der Waals surface area (Å²) in [7, 11) is 0. The van der Waals surface area contributed by atoms with Crippen LogP contribution in [0.3, 0.4) is 0 Å². The zero-order valence-corrected chi connectivity index (χ0v) is 24.7. The van der Waals surface area contributed by atoms with Gasteiger partial charge in [0, 0.05) is 17.8 Å². The summed E-state index contributed by atoms with van der Waals surface area (Å²) in [5, 5.41) is 3.81. The monoisotopic (exact) mass is 610 g/mol. The van der Waals surface area contributed by atoms with Crippen LogP contribution in [0.4, 0.5) is 15.8 Å². The van der Waals surface area contributed by atoms with Gasteiger partial charge in [0.2, 0.25) is 0 Å². The number of aryl methyl sites for hydroxylation is 1. The third-order valence-corrected chi connectivity index (χ3v) is 8.33. The maximum atomic E-state index is 13.6. The molecular weight excluding hydrogens is 579 g/mol. The summed E-state index contributed by atoms with van der Waals surface area (Å²) in [6.45, 7) is 4.81. The molecule has 4 aromatic rings. The fourth-order valence-electron chi connectivity index (χ4n) is 5.81. The minimum atomic E-state index is -0.287. The maximum Gasteiger partial charge on any atom is 0.175 e. The second kappa shape index (κ2) is 11.9. The summed E-state index contributed by atoms with van der Waals surface area (Å²) in [4.78, 5) is 4.73. The highest BCUT2D eigenvalue weighted by molar-refractivity contribution is 9.10. The van der Waals surface area contributed by atoms with Gasteiger partial charge < -0.3 is 14.8 Å². The molecule has 1 heterocycles. The lowest BCUT2D eigenvalue weighted by Crippen LogP contribution is -2.29. The first-order chi connectivity index (χ1) is 20.0. The molecule has 0 bridgehead atoms. The molecule has 6 heteroatoms. The highest BCUT2D eigenvalue weighted by atomic mass is 79.9. The van der Waals surface area contributed by atoms with Crippen LogP contribution in [-0.4, -0.2) is 12.8 Å². The number of benzene rings is 4.